The Labute approximate surface area is 101 Å². The molecule has 1 fully saturated rings. The number of nitrogens with one attached hydrogen (secondary N) is 2. The van der Waals surface area contributed by atoms with E-state index in [9.17, 15) is 0 Å². The van der Waals surface area contributed by atoms with Crippen molar-refractivity contribution in [3.63, 3.8) is 0 Å². The van der Waals surface area contributed by atoms with E-state index in [1.807, 2.05) is 0 Å². The molecule has 1 aliphatic carbocycles. The second-order valence-corrected chi connectivity index (χ2v) is 4.77. The van der Waals surface area contributed by atoms with Crippen molar-refractivity contribution in [2.24, 2.45) is 5.92 Å². The van der Waals surface area contributed by atoms with Gasteiger partial charge < -0.3 is 10.6 Å². The minimum absolute atomic E-state index is 0.407. The molecule has 0 aromatic carbocycles. The van der Waals surface area contributed by atoms with Gasteiger partial charge in [-0.05, 0) is 19.3 Å². The molecule has 5 heteroatoms. The van der Waals surface area contributed by atoms with E-state index in [1.54, 1.807) is 13.2 Å². The van der Waals surface area contributed by atoms with Crippen LogP contribution in [0.15, 0.2) is 6.20 Å². The van der Waals surface area contributed by atoms with E-state index in [1.165, 1.54) is 19.3 Å². The highest BCUT2D eigenvalue weighted by molar-refractivity contribution is 6.32. The van der Waals surface area contributed by atoms with Gasteiger partial charge in [0.05, 0.1) is 6.20 Å². The third-order valence-corrected chi connectivity index (χ3v) is 3.01. The van der Waals surface area contributed by atoms with E-state index >= 15 is 0 Å². The van der Waals surface area contributed by atoms with Crippen molar-refractivity contribution in [2.75, 3.05) is 17.7 Å². The molecule has 0 spiro atoms. The highest BCUT2D eigenvalue weighted by Gasteiger charge is 2.23. The van der Waals surface area contributed by atoms with Gasteiger partial charge in [-0.25, -0.2) is 4.98 Å². The second kappa shape index (κ2) is 4.87. The number of hydrogen-bond donors (Lipinski definition) is 2. The summed E-state index contributed by atoms with van der Waals surface area (Å²) in [6, 6.07) is 0.407. The van der Waals surface area contributed by atoms with Crippen molar-refractivity contribution in [3.05, 3.63) is 11.2 Å². The first-order valence-corrected chi connectivity index (χ1v) is 6.03. The maximum atomic E-state index is 6.03. The Morgan fingerprint density at radius 2 is 2.31 bits per heavy atom. The van der Waals surface area contributed by atoms with Gasteiger partial charge in [0, 0.05) is 13.1 Å². The summed E-state index contributed by atoms with van der Waals surface area (Å²) >= 11 is 6.03. The van der Waals surface area contributed by atoms with Crippen LogP contribution >= 0.6 is 11.6 Å². The Hall–Kier alpha value is -1.03. The fourth-order valence-corrected chi connectivity index (χ4v) is 1.88. The normalized spacial score (nSPS) is 16.9. The maximum absolute atomic E-state index is 6.03. The molecular weight excluding hydrogens is 224 g/mol. The van der Waals surface area contributed by atoms with Crippen LogP contribution in [0.25, 0.3) is 0 Å². The Morgan fingerprint density at radius 3 is 2.94 bits per heavy atom. The van der Waals surface area contributed by atoms with Crippen LogP contribution in [0.2, 0.25) is 5.02 Å². The van der Waals surface area contributed by atoms with Crippen molar-refractivity contribution in [3.8, 4) is 0 Å². The van der Waals surface area contributed by atoms with Gasteiger partial charge in [0.25, 0.3) is 0 Å². The Balaban J connectivity index is 2.00. The first kappa shape index (κ1) is 11.5. The molecule has 16 heavy (non-hydrogen) atoms. The van der Waals surface area contributed by atoms with Gasteiger partial charge in [-0.15, -0.1) is 0 Å². The minimum Gasteiger partial charge on any atom is -0.366 e. The molecule has 0 amide bonds. The zero-order valence-electron chi connectivity index (χ0n) is 9.63. The summed E-state index contributed by atoms with van der Waals surface area (Å²) in [7, 11) is 1.79. The molecule has 1 aromatic rings. The Bertz CT molecular complexity index is 365. The Kier molecular flexibility index (Phi) is 3.49. The first-order chi connectivity index (χ1) is 7.69. The van der Waals surface area contributed by atoms with Gasteiger partial charge in [0.15, 0.2) is 5.82 Å². The van der Waals surface area contributed by atoms with Crippen LogP contribution in [-0.2, 0) is 0 Å². The number of hydrogen-bond acceptors (Lipinski definition) is 4. The SMILES string of the molecule is CNc1ncc(Cl)c(NC(C)CC2CC2)n1. The van der Waals surface area contributed by atoms with Crippen LogP contribution in [0.3, 0.4) is 0 Å². The van der Waals surface area contributed by atoms with Crippen molar-refractivity contribution in [1.82, 2.24) is 9.97 Å². The molecule has 2 rings (SSSR count). The van der Waals surface area contributed by atoms with Crippen LogP contribution in [-0.4, -0.2) is 23.1 Å². The van der Waals surface area contributed by atoms with Gasteiger partial charge in [0.2, 0.25) is 5.95 Å². The summed E-state index contributed by atoms with van der Waals surface area (Å²) in [6.07, 6.45) is 5.54. The molecule has 1 heterocycles. The number of rotatable bonds is 5. The summed E-state index contributed by atoms with van der Waals surface area (Å²) in [5, 5.41) is 6.80. The van der Waals surface area contributed by atoms with Gasteiger partial charge in [-0.2, -0.15) is 4.98 Å². The highest BCUT2D eigenvalue weighted by atomic mass is 35.5. The number of aromatic nitrogens is 2. The summed E-state index contributed by atoms with van der Waals surface area (Å²) in [6.45, 7) is 2.16. The second-order valence-electron chi connectivity index (χ2n) is 4.36. The molecular formula is C11H17ClN4. The molecule has 0 saturated heterocycles. The van der Waals surface area contributed by atoms with Gasteiger partial charge in [-0.1, -0.05) is 24.4 Å². The minimum atomic E-state index is 0.407. The van der Waals surface area contributed by atoms with E-state index < -0.39 is 0 Å². The molecule has 88 valence electrons. The first-order valence-electron chi connectivity index (χ1n) is 5.66. The van der Waals surface area contributed by atoms with Crippen LogP contribution in [0.5, 0.6) is 0 Å². The van der Waals surface area contributed by atoms with E-state index in [0.29, 0.717) is 22.8 Å². The van der Waals surface area contributed by atoms with E-state index in [4.69, 9.17) is 11.6 Å². The molecule has 1 atom stereocenters. The largest absolute Gasteiger partial charge is 0.366 e. The molecule has 0 bridgehead atoms. The number of anilines is 2. The standard InChI is InChI=1S/C11H17ClN4/c1-7(5-8-3-4-8)15-10-9(12)6-14-11(13-2)16-10/h6-8H,3-5H2,1-2H3,(H2,13,14,15,16). The number of nitrogens with zero attached hydrogens (tertiary/aromatic N) is 2. The topological polar surface area (TPSA) is 49.8 Å². The molecule has 4 nitrogen and oxygen atoms in total. The van der Waals surface area contributed by atoms with E-state index in [2.05, 4.69) is 27.5 Å². The van der Waals surface area contributed by atoms with Crippen LogP contribution in [0, 0.1) is 5.92 Å². The van der Waals surface area contributed by atoms with Crippen LogP contribution in [0.4, 0.5) is 11.8 Å². The summed E-state index contributed by atoms with van der Waals surface area (Å²) in [5.41, 5.74) is 0. The quantitative estimate of drug-likeness (QED) is 0.831. The smallest absolute Gasteiger partial charge is 0.224 e. The van der Waals surface area contributed by atoms with Gasteiger partial charge in [-0.3, -0.25) is 0 Å². The van der Waals surface area contributed by atoms with Crippen molar-refractivity contribution < 1.29 is 0 Å². The highest BCUT2D eigenvalue weighted by Crippen LogP contribution is 2.34. The van der Waals surface area contributed by atoms with Crippen molar-refractivity contribution in [1.29, 1.82) is 0 Å². The average Bonchev–Trinajstić information content (AvgIpc) is 3.05. The van der Waals surface area contributed by atoms with Crippen molar-refractivity contribution in [2.45, 2.75) is 32.2 Å². The molecule has 1 aromatic heterocycles. The fraction of sp³-hybridized carbons (Fsp3) is 0.636. The van der Waals surface area contributed by atoms with Crippen LogP contribution in [0.1, 0.15) is 26.2 Å². The lowest BCUT2D eigenvalue weighted by Crippen LogP contribution is -2.17. The molecule has 0 aliphatic heterocycles. The molecule has 1 unspecified atom stereocenters. The zero-order valence-corrected chi connectivity index (χ0v) is 10.4. The molecule has 1 saturated carbocycles. The van der Waals surface area contributed by atoms with Gasteiger partial charge in [0.1, 0.15) is 5.02 Å². The predicted molar refractivity (Wildman–Crippen MR) is 67.0 cm³/mol. The van der Waals surface area contributed by atoms with E-state index in [-0.39, 0.29) is 0 Å². The molecule has 0 radical (unpaired) electrons. The molecule has 2 N–H and O–H groups in total. The fourth-order valence-electron chi connectivity index (χ4n) is 1.73. The monoisotopic (exact) mass is 240 g/mol. The summed E-state index contributed by atoms with van der Waals surface area (Å²) in [4.78, 5) is 8.34. The lowest BCUT2D eigenvalue weighted by molar-refractivity contribution is 0.640. The summed E-state index contributed by atoms with van der Waals surface area (Å²) < 4.78 is 0. The van der Waals surface area contributed by atoms with E-state index in [0.717, 1.165) is 5.92 Å². The van der Waals surface area contributed by atoms with Gasteiger partial charge >= 0.3 is 0 Å². The third kappa shape index (κ3) is 2.98. The summed E-state index contributed by atoms with van der Waals surface area (Å²) in [5.74, 6) is 2.20. The number of halogens is 1. The Morgan fingerprint density at radius 1 is 1.56 bits per heavy atom. The van der Waals surface area contributed by atoms with Crippen LogP contribution < -0.4 is 10.6 Å². The third-order valence-electron chi connectivity index (χ3n) is 2.73. The lowest BCUT2D eigenvalue weighted by Gasteiger charge is -2.15. The lowest BCUT2D eigenvalue weighted by atomic mass is 10.1. The van der Waals surface area contributed by atoms with Crippen molar-refractivity contribution >= 4 is 23.4 Å². The predicted octanol–water partition coefficient (Wildman–Crippen LogP) is 2.77. The average molecular weight is 241 g/mol. The molecule has 1 aliphatic rings. The zero-order chi connectivity index (χ0) is 11.5. The maximum Gasteiger partial charge on any atom is 0.224 e.